The van der Waals surface area contributed by atoms with Crippen molar-refractivity contribution in [2.75, 3.05) is 13.7 Å². The second-order valence-electron chi connectivity index (χ2n) is 3.59. The topological polar surface area (TPSA) is 78.6 Å². The minimum Gasteiger partial charge on any atom is -0.488 e. The van der Waals surface area contributed by atoms with Gasteiger partial charge in [0.2, 0.25) is 15.8 Å². The first-order valence-corrected chi connectivity index (χ1v) is 6.48. The van der Waals surface area contributed by atoms with E-state index in [9.17, 15) is 17.2 Å². The maximum absolute atomic E-state index is 13.5. The largest absolute Gasteiger partial charge is 0.488 e. The molecule has 0 radical (unpaired) electrons. The van der Waals surface area contributed by atoms with Gasteiger partial charge in [-0.1, -0.05) is 0 Å². The van der Waals surface area contributed by atoms with E-state index in [1.54, 1.807) is 6.92 Å². The van der Waals surface area contributed by atoms with Crippen LogP contribution in [0.1, 0.15) is 6.92 Å². The zero-order valence-electron chi connectivity index (χ0n) is 9.81. The van der Waals surface area contributed by atoms with Crippen molar-refractivity contribution in [1.29, 1.82) is 0 Å². The van der Waals surface area contributed by atoms with E-state index in [0.717, 1.165) is 12.1 Å². The molecule has 5 nitrogen and oxygen atoms in total. The molecule has 0 aliphatic heterocycles. The highest BCUT2D eigenvalue weighted by Crippen LogP contribution is 2.25. The van der Waals surface area contributed by atoms with E-state index in [0.29, 0.717) is 0 Å². The summed E-state index contributed by atoms with van der Waals surface area (Å²) in [7, 11) is -2.86. The summed E-state index contributed by atoms with van der Waals surface area (Å²) >= 11 is 0. The molecule has 0 aliphatic carbocycles. The van der Waals surface area contributed by atoms with E-state index in [4.69, 9.17) is 14.6 Å². The standard InChI is InChI=1S/C10H13F2NO4S/c1-6(16-2)5-17-7-3-4-8(18(13,14)15)10(12)9(7)11/h3-4,6H,5H2,1-2H3,(H2,13,14,15). The first kappa shape index (κ1) is 14.8. The number of sulfonamides is 1. The Hall–Kier alpha value is -1.25. The van der Waals surface area contributed by atoms with Crippen molar-refractivity contribution in [3.05, 3.63) is 23.8 Å². The highest BCUT2D eigenvalue weighted by molar-refractivity contribution is 7.89. The third-order valence-electron chi connectivity index (χ3n) is 2.19. The molecule has 2 N–H and O–H groups in total. The van der Waals surface area contributed by atoms with Gasteiger partial charge in [-0.05, 0) is 19.1 Å². The van der Waals surface area contributed by atoms with Crippen molar-refractivity contribution in [2.24, 2.45) is 5.14 Å². The van der Waals surface area contributed by atoms with Crippen LogP contribution in [0.3, 0.4) is 0 Å². The van der Waals surface area contributed by atoms with Gasteiger partial charge >= 0.3 is 0 Å². The molecule has 8 heteroatoms. The number of halogens is 2. The summed E-state index contributed by atoms with van der Waals surface area (Å²) in [5.74, 6) is -3.35. The van der Waals surface area contributed by atoms with Crippen LogP contribution < -0.4 is 9.88 Å². The summed E-state index contributed by atoms with van der Waals surface area (Å²) in [6, 6.07) is 1.85. The molecule has 0 aromatic heterocycles. The predicted octanol–water partition coefficient (Wildman–Crippen LogP) is 1.03. The fourth-order valence-electron chi connectivity index (χ4n) is 1.12. The molecule has 0 aliphatic rings. The van der Waals surface area contributed by atoms with E-state index in [-0.39, 0.29) is 12.7 Å². The lowest BCUT2D eigenvalue weighted by molar-refractivity contribution is 0.0698. The highest BCUT2D eigenvalue weighted by Gasteiger charge is 2.21. The molecule has 0 spiro atoms. The summed E-state index contributed by atoms with van der Waals surface area (Å²) in [5, 5.41) is 4.73. The minimum atomic E-state index is -4.30. The molecule has 0 fully saturated rings. The number of primary sulfonamides is 1. The first-order chi connectivity index (χ1) is 8.27. The molecule has 0 saturated carbocycles. The monoisotopic (exact) mass is 281 g/mol. The van der Waals surface area contributed by atoms with Crippen molar-refractivity contribution >= 4 is 10.0 Å². The lowest BCUT2D eigenvalue weighted by Gasteiger charge is -2.12. The Kier molecular flexibility index (Phi) is 4.60. The molecule has 0 heterocycles. The summed E-state index contributed by atoms with van der Waals surface area (Å²) in [5.41, 5.74) is 0. The van der Waals surface area contributed by atoms with Gasteiger partial charge < -0.3 is 9.47 Å². The molecule has 102 valence electrons. The van der Waals surface area contributed by atoms with E-state index in [1.165, 1.54) is 7.11 Å². The molecular formula is C10H13F2NO4S. The van der Waals surface area contributed by atoms with Crippen LogP contribution in [0.15, 0.2) is 17.0 Å². The Balaban J connectivity index is 3.02. The number of rotatable bonds is 5. The molecule has 18 heavy (non-hydrogen) atoms. The molecule has 1 aromatic carbocycles. The van der Waals surface area contributed by atoms with Gasteiger partial charge in [-0.3, -0.25) is 0 Å². The maximum atomic E-state index is 13.5. The quantitative estimate of drug-likeness (QED) is 0.874. The van der Waals surface area contributed by atoms with Crippen LogP contribution in [0, 0.1) is 11.6 Å². The van der Waals surface area contributed by atoms with Gasteiger partial charge in [-0.15, -0.1) is 0 Å². The van der Waals surface area contributed by atoms with Gasteiger partial charge in [0.05, 0.1) is 6.10 Å². The number of benzene rings is 1. The van der Waals surface area contributed by atoms with Gasteiger partial charge in [0, 0.05) is 7.11 Å². The normalized spacial score (nSPS) is 13.4. The van der Waals surface area contributed by atoms with Gasteiger partial charge in [0.1, 0.15) is 11.5 Å². The Labute approximate surface area is 104 Å². The Morgan fingerprint density at radius 2 is 1.94 bits per heavy atom. The molecule has 1 unspecified atom stereocenters. The van der Waals surface area contributed by atoms with Gasteiger partial charge in [0.15, 0.2) is 11.6 Å². The van der Waals surface area contributed by atoms with Crippen molar-refractivity contribution in [2.45, 2.75) is 17.9 Å². The summed E-state index contributed by atoms with van der Waals surface area (Å²) in [4.78, 5) is -0.910. The average molecular weight is 281 g/mol. The molecule has 0 amide bonds. The van der Waals surface area contributed by atoms with E-state index in [1.807, 2.05) is 0 Å². The second-order valence-corrected chi connectivity index (χ2v) is 5.12. The lowest BCUT2D eigenvalue weighted by atomic mass is 10.3. The van der Waals surface area contributed by atoms with Crippen LogP contribution in [-0.2, 0) is 14.8 Å². The maximum Gasteiger partial charge on any atom is 0.241 e. The molecule has 1 rings (SSSR count). The predicted molar refractivity (Wildman–Crippen MR) is 59.7 cm³/mol. The first-order valence-electron chi connectivity index (χ1n) is 4.93. The number of nitrogens with two attached hydrogens (primary N) is 1. The molecule has 0 bridgehead atoms. The lowest BCUT2D eigenvalue weighted by Crippen LogP contribution is -2.18. The fourth-order valence-corrected chi connectivity index (χ4v) is 1.72. The number of methoxy groups -OCH3 is 1. The number of hydrogen-bond acceptors (Lipinski definition) is 4. The Bertz CT molecular complexity index is 533. The van der Waals surface area contributed by atoms with Crippen molar-refractivity contribution in [3.63, 3.8) is 0 Å². The number of hydrogen-bond donors (Lipinski definition) is 1. The van der Waals surface area contributed by atoms with Crippen LogP contribution in [-0.4, -0.2) is 28.2 Å². The molecular weight excluding hydrogens is 268 g/mol. The van der Waals surface area contributed by atoms with Gasteiger partial charge in [-0.2, -0.15) is 4.39 Å². The van der Waals surface area contributed by atoms with Crippen LogP contribution >= 0.6 is 0 Å². The van der Waals surface area contributed by atoms with E-state index < -0.39 is 32.3 Å². The van der Waals surface area contributed by atoms with Crippen molar-refractivity contribution < 1.29 is 26.7 Å². The van der Waals surface area contributed by atoms with Crippen LogP contribution in [0.25, 0.3) is 0 Å². The third kappa shape index (κ3) is 3.37. The SMILES string of the molecule is COC(C)COc1ccc(S(N)(=O)=O)c(F)c1F. The minimum absolute atomic E-state index is 0.00157. The summed E-state index contributed by atoms with van der Waals surface area (Å²) in [6.07, 6.45) is -0.314. The van der Waals surface area contributed by atoms with Gasteiger partial charge in [0.25, 0.3) is 0 Å². The average Bonchev–Trinajstić information content (AvgIpc) is 2.28. The molecule has 1 atom stereocenters. The highest BCUT2D eigenvalue weighted by atomic mass is 32.2. The smallest absolute Gasteiger partial charge is 0.241 e. The van der Waals surface area contributed by atoms with E-state index >= 15 is 0 Å². The van der Waals surface area contributed by atoms with Crippen molar-refractivity contribution in [3.8, 4) is 5.75 Å². The van der Waals surface area contributed by atoms with Crippen LogP contribution in [0.2, 0.25) is 0 Å². The second kappa shape index (κ2) is 5.59. The molecule has 0 saturated heterocycles. The van der Waals surface area contributed by atoms with Crippen LogP contribution in [0.4, 0.5) is 8.78 Å². The van der Waals surface area contributed by atoms with Gasteiger partial charge in [-0.25, -0.2) is 17.9 Å². The Morgan fingerprint density at radius 1 is 1.33 bits per heavy atom. The van der Waals surface area contributed by atoms with Crippen molar-refractivity contribution in [1.82, 2.24) is 0 Å². The summed E-state index contributed by atoms with van der Waals surface area (Å²) < 4.78 is 58.6. The Morgan fingerprint density at radius 3 is 2.44 bits per heavy atom. The third-order valence-corrected chi connectivity index (χ3v) is 3.12. The zero-order valence-corrected chi connectivity index (χ0v) is 10.6. The summed E-state index contributed by atoms with van der Waals surface area (Å²) in [6.45, 7) is 1.68. The van der Waals surface area contributed by atoms with Crippen LogP contribution in [0.5, 0.6) is 5.75 Å². The fraction of sp³-hybridized carbons (Fsp3) is 0.400. The molecule has 1 aromatic rings. The van der Waals surface area contributed by atoms with E-state index in [2.05, 4.69) is 0 Å². The zero-order chi connectivity index (χ0) is 13.9. The number of ether oxygens (including phenoxy) is 2.